The van der Waals surface area contributed by atoms with Crippen LogP contribution in [0.5, 0.6) is 11.5 Å². The quantitative estimate of drug-likeness (QED) is 0.935. The van der Waals surface area contributed by atoms with E-state index in [-0.39, 0.29) is 5.91 Å². The Morgan fingerprint density at radius 2 is 2.13 bits per heavy atom. The van der Waals surface area contributed by atoms with Crippen LogP contribution in [0, 0.1) is 11.3 Å². The van der Waals surface area contributed by atoms with Crippen LogP contribution in [-0.2, 0) is 0 Å². The minimum absolute atomic E-state index is 0.255. The first kappa shape index (κ1) is 15.4. The molecule has 0 unspecified atom stereocenters. The molecule has 1 N–H and O–H groups in total. The number of thioether (sulfide) groups is 1. The summed E-state index contributed by atoms with van der Waals surface area (Å²) in [5.41, 5.74) is -0.285. The molecule has 0 saturated carbocycles. The third-order valence-corrected chi connectivity index (χ3v) is 4.76. The summed E-state index contributed by atoms with van der Waals surface area (Å²) in [6.45, 7) is 0. The van der Waals surface area contributed by atoms with Gasteiger partial charge < -0.3 is 10.1 Å². The number of carbonyl (C=O) groups is 1. The summed E-state index contributed by atoms with van der Waals surface area (Å²) in [5, 5.41) is 12.2. The Balaban J connectivity index is 1.74. The fraction of sp³-hybridized carbons (Fsp3) is 0.235. The lowest BCUT2D eigenvalue weighted by atomic mass is 10.0. The van der Waals surface area contributed by atoms with Gasteiger partial charge in [-0.3, -0.25) is 9.78 Å². The molecule has 1 aromatic heterocycles. The van der Waals surface area contributed by atoms with E-state index in [1.165, 1.54) is 0 Å². The molecule has 5 nitrogen and oxygen atoms in total. The summed E-state index contributed by atoms with van der Waals surface area (Å²) < 4.78 is 5.70. The maximum absolute atomic E-state index is 12.4. The minimum Gasteiger partial charge on any atom is -0.457 e. The topological polar surface area (TPSA) is 75.0 Å². The average Bonchev–Trinajstić information content (AvgIpc) is 3.05. The first-order chi connectivity index (χ1) is 11.2. The van der Waals surface area contributed by atoms with Crippen LogP contribution < -0.4 is 10.1 Å². The van der Waals surface area contributed by atoms with Gasteiger partial charge in [-0.2, -0.15) is 17.0 Å². The van der Waals surface area contributed by atoms with E-state index in [4.69, 9.17) is 4.74 Å². The third-order valence-electron chi connectivity index (χ3n) is 3.57. The Kier molecular flexibility index (Phi) is 4.49. The lowest BCUT2D eigenvalue weighted by Gasteiger charge is -2.21. The van der Waals surface area contributed by atoms with Crippen molar-refractivity contribution in [2.24, 2.45) is 0 Å². The lowest BCUT2D eigenvalue weighted by Crippen LogP contribution is -2.47. The van der Waals surface area contributed by atoms with E-state index >= 15 is 0 Å². The highest BCUT2D eigenvalue weighted by atomic mass is 32.2. The number of nitrogens with one attached hydrogen (secondary N) is 1. The molecule has 3 rings (SSSR count). The van der Waals surface area contributed by atoms with E-state index in [1.807, 2.05) is 0 Å². The Morgan fingerprint density at radius 1 is 1.30 bits per heavy atom. The number of ether oxygens (including phenoxy) is 1. The number of aromatic nitrogens is 1. The van der Waals surface area contributed by atoms with Crippen molar-refractivity contribution < 1.29 is 9.53 Å². The molecular weight excluding hydrogens is 310 g/mol. The standard InChI is InChI=1S/C17H15N3O2S/c18-11-17(6-9-23-12-17)20-16(21)13-2-1-3-15(10-13)22-14-4-7-19-8-5-14/h1-5,7-8,10H,6,9,12H2,(H,20,21)/t17-/m1/s1. The van der Waals surface area contributed by atoms with E-state index in [2.05, 4.69) is 16.4 Å². The molecule has 1 saturated heterocycles. The second-order valence-electron chi connectivity index (χ2n) is 5.26. The monoisotopic (exact) mass is 325 g/mol. The van der Waals surface area contributed by atoms with E-state index in [0.29, 0.717) is 29.2 Å². The first-order valence-electron chi connectivity index (χ1n) is 7.20. The molecule has 1 fully saturated rings. The number of hydrogen-bond donors (Lipinski definition) is 1. The average molecular weight is 325 g/mol. The number of amides is 1. The predicted molar refractivity (Wildman–Crippen MR) is 88.5 cm³/mol. The number of benzene rings is 1. The van der Waals surface area contributed by atoms with Crippen molar-refractivity contribution in [1.29, 1.82) is 5.26 Å². The van der Waals surface area contributed by atoms with Crippen LogP contribution in [0.3, 0.4) is 0 Å². The molecule has 1 amide bonds. The number of hydrogen-bond acceptors (Lipinski definition) is 5. The van der Waals surface area contributed by atoms with Gasteiger partial charge in [0.25, 0.3) is 5.91 Å². The summed E-state index contributed by atoms with van der Waals surface area (Å²) in [6, 6.07) is 12.6. The molecule has 1 aliphatic rings. The van der Waals surface area contributed by atoms with Crippen LogP contribution in [-0.4, -0.2) is 27.9 Å². The van der Waals surface area contributed by atoms with Crippen LogP contribution in [0.25, 0.3) is 0 Å². The summed E-state index contributed by atoms with van der Waals surface area (Å²) in [5.74, 6) is 2.48. The van der Waals surface area contributed by atoms with Crippen LogP contribution in [0.15, 0.2) is 48.8 Å². The minimum atomic E-state index is -0.760. The number of rotatable bonds is 4. The van der Waals surface area contributed by atoms with Crippen molar-refractivity contribution in [3.8, 4) is 17.6 Å². The van der Waals surface area contributed by atoms with Crippen molar-refractivity contribution in [2.75, 3.05) is 11.5 Å². The van der Waals surface area contributed by atoms with E-state index in [9.17, 15) is 10.1 Å². The number of pyridine rings is 1. The molecular formula is C17H15N3O2S. The predicted octanol–water partition coefficient (Wildman–Crippen LogP) is 3.00. The van der Waals surface area contributed by atoms with E-state index < -0.39 is 5.54 Å². The van der Waals surface area contributed by atoms with Gasteiger partial charge in [-0.1, -0.05) is 6.07 Å². The first-order valence-corrected chi connectivity index (χ1v) is 8.36. The van der Waals surface area contributed by atoms with Gasteiger partial charge in [-0.15, -0.1) is 0 Å². The molecule has 1 aromatic carbocycles. The van der Waals surface area contributed by atoms with Crippen molar-refractivity contribution in [1.82, 2.24) is 10.3 Å². The molecule has 2 heterocycles. The zero-order valence-corrected chi connectivity index (χ0v) is 13.2. The number of carbonyl (C=O) groups excluding carboxylic acids is 1. The normalized spacial score (nSPS) is 19.8. The highest BCUT2D eigenvalue weighted by molar-refractivity contribution is 7.99. The largest absolute Gasteiger partial charge is 0.457 e. The smallest absolute Gasteiger partial charge is 0.252 e. The second kappa shape index (κ2) is 6.71. The van der Waals surface area contributed by atoms with Crippen molar-refractivity contribution in [2.45, 2.75) is 12.0 Å². The van der Waals surface area contributed by atoms with E-state index in [0.717, 1.165) is 5.75 Å². The summed E-state index contributed by atoms with van der Waals surface area (Å²) in [6.07, 6.45) is 3.95. The van der Waals surface area contributed by atoms with Gasteiger partial charge in [-0.25, -0.2) is 0 Å². The molecule has 0 radical (unpaired) electrons. The highest BCUT2D eigenvalue weighted by Crippen LogP contribution is 2.28. The molecule has 1 aliphatic heterocycles. The molecule has 2 aromatic rings. The number of nitriles is 1. The van der Waals surface area contributed by atoms with Crippen LogP contribution >= 0.6 is 11.8 Å². The molecule has 23 heavy (non-hydrogen) atoms. The Morgan fingerprint density at radius 3 is 2.83 bits per heavy atom. The van der Waals surface area contributed by atoms with Gasteiger partial charge in [0.15, 0.2) is 0 Å². The zero-order valence-electron chi connectivity index (χ0n) is 12.4. The molecule has 0 spiro atoms. The van der Waals surface area contributed by atoms with Gasteiger partial charge in [0.05, 0.1) is 6.07 Å². The molecule has 0 aliphatic carbocycles. The molecule has 1 atom stereocenters. The summed E-state index contributed by atoms with van der Waals surface area (Å²) in [4.78, 5) is 16.4. The lowest BCUT2D eigenvalue weighted by molar-refractivity contribution is 0.0926. The Hall–Kier alpha value is -2.52. The highest BCUT2D eigenvalue weighted by Gasteiger charge is 2.36. The fourth-order valence-corrected chi connectivity index (χ4v) is 3.58. The van der Waals surface area contributed by atoms with Crippen molar-refractivity contribution in [3.05, 3.63) is 54.4 Å². The van der Waals surface area contributed by atoms with Crippen LogP contribution in [0.4, 0.5) is 0 Å². The zero-order chi connectivity index (χ0) is 16.1. The second-order valence-corrected chi connectivity index (χ2v) is 6.37. The van der Waals surface area contributed by atoms with Crippen molar-refractivity contribution >= 4 is 17.7 Å². The van der Waals surface area contributed by atoms with Gasteiger partial charge in [-0.05, 0) is 42.5 Å². The van der Waals surface area contributed by atoms with Gasteiger partial charge in [0.1, 0.15) is 17.0 Å². The maximum atomic E-state index is 12.4. The fourth-order valence-electron chi connectivity index (χ4n) is 2.31. The van der Waals surface area contributed by atoms with Crippen molar-refractivity contribution in [3.63, 3.8) is 0 Å². The maximum Gasteiger partial charge on any atom is 0.252 e. The van der Waals surface area contributed by atoms with E-state index in [1.54, 1.807) is 60.6 Å². The molecule has 0 bridgehead atoms. The summed E-state index contributed by atoms with van der Waals surface area (Å²) in [7, 11) is 0. The SMILES string of the molecule is N#C[C@]1(NC(=O)c2cccc(Oc3ccncc3)c2)CCSC1. The third kappa shape index (κ3) is 3.63. The van der Waals surface area contributed by atoms with Gasteiger partial charge >= 0.3 is 0 Å². The van der Waals surface area contributed by atoms with Gasteiger partial charge in [0, 0.05) is 23.7 Å². The van der Waals surface area contributed by atoms with Crippen LogP contribution in [0.1, 0.15) is 16.8 Å². The molecule has 6 heteroatoms. The number of nitrogens with zero attached hydrogens (tertiary/aromatic N) is 2. The Labute approximate surface area is 138 Å². The summed E-state index contributed by atoms with van der Waals surface area (Å²) >= 11 is 1.68. The van der Waals surface area contributed by atoms with Crippen LogP contribution in [0.2, 0.25) is 0 Å². The Bertz CT molecular complexity index is 737. The molecule has 116 valence electrons. The van der Waals surface area contributed by atoms with Gasteiger partial charge in [0.2, 0.25) is 0 Å².